The zero-order valence-electron chi connectivity index (χ0n) is 12.7. The highest BCUT2D eigenvalue weighted by Crippen LogP contribution is 2.31. The molecule has 7 heteroatoms. The minimum Gasteiger partial charge on any atom is -0.372 e. The first-order valence-electron chi connectivity index (χ1n) is 6.94. The molecule has 0 atom stereocenters. The lowest BCUT2D eigenvalue weighted by molar-refractivity contribution is 0.602. The molecular weight excluding hydrogens is 312 g/mol. The van der Waals surface area contributed by atoms with Crippen LogP contribution in [0.25, 0.3) is 22.0 Å². The Kier molecular flexibility index (Phi) is 3.65. The number of anilines is 2. The van der Waals surface area contributed by atoms with Gasteiger partial charge < -0.3 is 11.1 Å². The number of rotatable bonds is 3. The van der Waals surface area contributed by atoms with Gasteiger partial charge in [0, 0.05) is 24.3 Å². The van der Waals surface area contributed by atoms with Gasteiger partial charge in [0.15, 0.2) is 9.84 Å². The summed E-state index contributed by atoms with van der Waals surface area (Å²) in [6, 6.07) is 12.4. The van der Waals surface area contributed by atoms with Gasteiger partial charge in [-0.25, -0.2) is 13.4 Å². The summed E-state index contributed by atoms with van der Waals surface area (Å²) in [6.07, 6.45) is 1.20. The van der Waals surface area contributed by atoms with E-state index >= 15 is 0 Å². The molecule has 118 valence electrons. The fourth-order valence-electron chi connectivity index (χ4n) is 2.53. The summed E-state index contributed by atoms with van der Waals surface area (Å²) in [5, 5.41) is 3.80. The van der Waals surface area contributed by atoms with Crippen LogP contribution in [0.4, 0.5) is 11.8 Å². The third-order valence-electron chi connectivity index (χ3n) is 3.55. The number of benzene rings is 2. The molecule has 0 fully saturated rings. The third-order valence-corrected chi connectivity index (χ3v) is 4.70. The van der Waals surface area contributed by atoms with Crippen molar-refractivity contribution in [1.29, 1.82) is 0 Å². The molecule has 0 radical (unpaired) electrons. The largest absolute Gasteiger partial charge is 0.372 e. The van der Waals surface area contributed by atoms with Gasteiger partial charge in [-0.3, -0.25) is 0 Å². The van der Waals surface area contributed by atoms with Gasteiger partial charge in [0.05, 0.1) is 10.4 Å². The lowest BCUT2D eigenvalue weighted by atomic mass is 10.0. The monoisotopic (exact) mass is 328 g/mol. The molecular formula is C16H16N4O2S. The fraction of sp³-hybridized carbons (Fsp3) is 0.125. The standard InChI is InChI=1S/C16H16N4O2S/c1-18-15-12-8-7-10(9-13(12)19-16(17)20-15)11-5-3-4-6-14(11)23(2,21)22/h3-9H,1-2H3,(H3,17,18,19,20). The van der Waals surface area contributed by atoms with E-state index in [0.717, 1.165) is 10.9 Å². The quantitative estimate of drug-likeness (QED) is 0.766. The van der Waals surface area contributed by atoms with Gasteiger partial charge >= 0.3 is 0 Å². The number of hydrogen-bond acceptors (Lipinski definition) is 6. The van der Waals surface area contributed by atoms with Crippen LogP contribution in [0.1, 0.15) is 0 Å². The van der Waals surface area contributed by atoms with Crippen molar-refractivity contribution in [1.82, 2.24) is 9.97 Å². The van der Waals surface area contributed by atoms with Crippen LogP contribution in [0.15, 0.2) is 47.4 Å². The second-order valence-corrected chi connectivity index (χ2v) is 7.16. The number of hydrogen-bond donors (Lipinski definition) is 2. The molecule has 23 heavy (non-hydrogen) atoms. The number of nitrogens with zero attached hydrogens (tertiary/aromatic N) is 2. The summed E-state index contributed by atoms with van der Waals surface area (Å²) in [6.45, 7) is 0. The molecule has 0 aliphatic rings. The minimum atomic E-state index is -3.33. The third kappa shape index (κ3) is 2.83. The summed E-state index contributed by atoms with van der Waals surface area (Å²) >= 11 is 0. The molecule has 1 aromatic heterocycles. The van der Waals surface area contributed by atoms with E-state index in [1.807, 2.05) is 24.3 Å². The van der Waals surface area contributed by atoms with E-state index < -0.39 is 9.84 Å². The predicted octanol–water partition coefficient (Wildman–Crippen LogP) is 2.32. The van der Waals surface area contributed by atoms with E-state index in [9.17, 15) is 8.42 Å². The van der Waals surface area contributed by atoms with Crippen molar-refractivity contribution in [2.24, 2.45) is 0 Å². The number of aromatic nitrogens is 2. The molecule has 0 aliphatic carbocycles. The Labute approximate surface area is 134 Å². The maximum absolute atomic E-state index is 12.0. The van der Waals surface area contributed by atoms with E-state index in [1.165, 1.54) is 6.26 Å². The smallest absolute Gasteiger partial charge is 0.222 e. The van der Waals surface area contributed by atoms with Gasteiger partial charge in [-0.1, -0.05) is 24.3 Å². The van der Waals surface area contributed by atoms with Crippen molar-refractivity contribution < 1.29 is 8.42 Å². The summed E-state index contributed by atoms with van der Waals surface area (Å²) in [5.74, 6) is 0.797. The maximum atomic E-state index is 12.0. The van der Waals surface area contributed by atoms with Crippen LogP contribution in [0.3, 0.4) is 0 Å². The summed E-state index contributed by atoms with van der Waals surface area (Å²) in [4.78, 5) is 8.67. The first-order valence-corrected chi connectivity index (χ1v) is 8.84. The highest BCUT2D eigenvalue weighted by Gasteiger charge is 2.15. The van der Waals surface area contributed by atoms with E-state index in [4.69, 9.17) is 5.73 Å². The van der Waals surface area contributed by atoms with Gasteiger partial charge in [0.25, 0.3) is 0 Å². The van der Waals surface area contributed by atoms with Crippen molar-refractivity contribution in [3.05, 3.63) is 42.5 Å². The first-order chi connectivity index (χ1) is 10.9. The molecule has 3 N–H and O–H groups in total. The summed E-state index contributed by atoms with van der Waals surface area (Å²) in [5.41, 5.74) is 7.79. The summed E-state index contributed by atoms with van der Waals surface area (Å²) in [7, 11) is -1.57. The van der Waals surface area contributed by atoms with Gasteiger partial charge in [0.1, 0.15) is 5.82 Å². The number of nitrogens with two attached hydrogens (primary N) is 1. The van der Waals surface area contributed by atoms with E-state index in [0.29, 0.717) is 16.9 Å². The summed E-state index contributed by atoms with van der Waals surface area (Å²) < 4.78 is 24.0. The molecule has 6 nitrogen and oxygen atoms in total. The Morgan fingerprint density at radius 2 is 1.83 bits per heavy atom. The molecule has 0 aliphatic heterocycles. The van der Waals surface area contributed by atoms with E-state index in [1.54, 1.807) is 25.2 Å². The lowest BCUT2D eigenvalue weighted by Gasteiger charge is -2.10. The number of nitrogen functional groups attached to an aromatic ring is 1. The van der Waals surface area contributed by atoms with Crippen LogP contribution in [0.2, 0.25) is 0 Å². The van der Waals surface area contributed by atoms with Crippen LogP contribution in [0, 0.1) is 0 Å². The van der Waals surface area contributed by atoms with Crippen LogP contribution in [-0.4, -0.2) is 31.7 Å². The highest BCUT2D eigenvalue weighted by atomic mass is 32.2. The molecule has 3 aromatic rings. The van der Waals surface area contributed by atoms with Gasteiger partial charge in [0.2, 0.25) is 5.95 Å². The SMILES string of the molecule is CNc1nc(N)nc2cc(-c3ccccc3S(C)(=O)=O)ccc12. The van der Waals surface area contributed by atoms with E-state index in [-0.39, 0.29) is 10.8 Å². The fourth-order valence-corrected chi connectivity index (χ4v) is 3.45. The Hall–Kier alpha value is -2.67. The Morgan fingerprint density at radius 1 is 1.09 bits per heavy atom. The minimum absolute atomic E-state index is 0.162. The normalized spacial score (nSPS) is 11.6. The van der Waals surface area contributed by atoms with Gasteiger partial charge in [-0.2, -0.15) is 4.98 Å². The number of sulfone groups is 1. The topological polar surface area (TPSA) is 98.0 Å². The molecule has 0 spiro atoms. The molecule has 0 amide bonds. The van der Waals surface area contributed by atoms with Crippen LogP contribution < -0.4 is 11.1 Å². The second-order valence-electron chi connectivity index (χ2n) is 5.18. The average Bonchev–Trinajstić information content (AvgIpc) is 2.52. The average molecular weight is 328 g/mol. The molecule has 0 saturated heterocycles. The van der Waals surface area contributed by atoms with E-state index in [2.05, 4.69) is 15.3 Å². The molecule has 3 rings (SSSR count). The molecule has 2 aromatic carbocycles. The van der Waals surface area contributed by atoms with Crippen LogP contribution in [-0.2, 0) is 9.84 Å². The van der Waals surface area contributed by atoms with Crippen molar-refractivity contribution in [2.45, 2.75) is 4.90 Å². The van der Waals surface area contributed by atoms with Gasteiger partial charge in [-0.05, 0) is 23.8 Å². The van der Waals surface area contributed by atoms with Crippen molar-refractivity contribution in [3.63, 3.8) is 0 Å². The van der Waals surface area contributed by atoms with Crippen molar-refractivity contribution >= 4 is 32.5 Å². The van der Waals surface area contributed by atoms with Gasteiger partial charge in [-0.15, -0.1) is 0 Å². The Bertz CT molecular complexity index is 1000. The molecule has 0 unspecified atom stereocenters. The van der Waals surface area contributed by atoms with Crippen molar-refractivity contribution in [3.8, 4) is 11.1 Å². The van der Waals surface area contributed by atoms with Crippen LogP contribution >= 0.6 is 0 Å². The lowest BCUT2D eigenvalue weighted by Crippen LogP contribution is -2.02. The molecule has 1 heterocycles. The van der Waals surface area contributed by atoms with Crippen molar-refractivity contribution in [2.75, 3.05) is 24.4 Å². The molecule has 0 saturated carbocycles. The Morgan fingerprint density at radius 3 is 2.52 bits per heavy atom. The number of fused-ring (bicyclic) bond motifs is 1. The second kappa shape index (κ2) is 5.51. The zero-order chi connectivity index (χ0) is 16.6. The first kappa shape index (κ1) is 15.2. The maximum Gasteiger partial charge on any atom is 0.222 e. The predicted molar refractivity (Wildman–Crippen MR) is 92.0 cm³/mol. The number of nitrogens with one attached hydrogen (secondary N) is 1. The Balaban J connectivity index is 2.27. The van der Waals surface area contributed by atoms with Crippen LogP contribution in [0.5, 0.6) is 0 Å². The highest BCUT2D eigenvalue weighted by molar-refractivity contribution is 7.90. The zero-order valence-corrected chi connectivity index (χ0v) is 13.6. The molecule has 0 bridgehead atoms.